The Bertz CT molecular complexity index is 314. The van der Waals surface area contributed by atoms with Crippen molar-refractivity contribution in [3.05, 3.63) is 35.4 Å². The van der Waals surface area contributed by atoms with Gasteiger partial charge in [-0.3, -0.25) is 0 Å². The molecule has 1 atom stereocenters. The van der Waals surface area contributed by atoms with E-state index in [1.807, 2.05) is 0 Å². The zero-order valence-electron chi connectivity index (χ0n) is 9.79. The van der Waals surface area contributed by atoms with E-state index in [4.69, 9.17) is 4.74 Å². The van der Waals surface area contributed by atoms with E-state index in [1.54, 1.807) is 0 Å². The van der Waals surface area contributed by atoms with Gasteiger partial charge in [-0.15, -0.1) is 0 Å². The molecule has 0 aromatic heterocycles. The molecule has 2 heteroatoms. The number of ether oxygens (including phenoxy) is 1. The average molecular weight is 283 g/mol. The van der Waals surface area contributed by atoms with Crippen molar-refractivity contribution >= 4 is 15.9 Å². The first-order valence-electron chi connectivity index (χ1n) is 6.03. The van der Waals surface area contributed by atoms with Crippen molar-refractivity contribution in [2.75, 3.05) is 13.2 Å². The SMILES string of the molecule is Cc1ccc(CC(Br)C2CCOCC2)cc1. The molecule has 0 aliphatic carbocycles. The summed E-state index contributed by atoms with van der Waals surface area (Å²) in [6, 6.07) is 8.86. The van der Waals surface area contributed by atoms with Crippen LogP contribution in [0.1, 0.15) is 24.0 Å². The van der Waals surface area contributed by atoms with Crippen LogP contribution in [0, 0.1) is 12.8 Å². The predicted octanol–water partition coefficient (Wildman–Crippen LogP) is 3.73. The molecule has 0 amide bonds. The summed E-state index contributed by atoms with van der Waals surface area (Å²) in [7, 11) is 0. The molecule has 1 aromatic carbocycles. The van der Waals surface area contributed by atoms with Gasteiger partial charge in [-0.2, -0.15) is 0 Å². The standard InChI is InChI=1S/C14H19BrO/c1-11-2-4-12(5-3-11)10-14(15)13-6-8-16-9-7-13/h2-5,13-14H,6-10H2,1H3. The minimum absolute atomic E-state index is 0.596. The van der Waals surface area contributed by atoms with Crippen LogP contribution in [0.3, 0.4) is 0 Å². The Morgan fingerprint density at radius 1 is 1.25 bits per heavy atom. The predicted molar refractivity (Wildman–Crippen MR) is 71.1 cm³/mol. The van der Waals surface area contributed by atoms with Crippen LogP contribution in [-0.2, 0) is 11.2 Å². The van der Waals surface area contributed by atoms with E-state index >= 15 is 0 Å². The Labute approximate surface area is 106 Å². The molecule has 1 heterocycles. The van der Waals surface area contributed by atoms with E-state index in [1.165, 1.54) is 24.0 Å². The Morgan fingerprint density at radius 3 is 2.50 bits per heavy atom. The lowest BCUT2D eigenvalue weighted by Gasteiger charge is -2.26. The number of alkyl halides is 1. The maximum Gasteiger partial charge on any atom is 0.0469 e. The zero-order valence-corrected chi connectivity index (χ0v) is 11.4. The number of hydrogen-bond donors (Lipinski definition) is 0. The Balaban J connectivity index is 1.90. The van der Waals surface area contributed by atoms with Crippen LogP contribution in [0.15, 0.2) is 24.3 Å². The minimum Gasteiger partial charge on any atom is -0.381 e. The van der Waals surface area contributed by atoms with Crippen LogP contribution in [0.4, 0.5) is 0 Å². The molecule has 0 N–H and O–H groups in total. The molecule has 0 spiro atoms. The third-order valence-corrected chi connectivity index (χ3v) is 4.40. The fourth-order valence-corrected chi connectivity index (χ4v) is 3.10. The molecule has 88 valence electrons. The molecular formula is C14H19BrO. The zero-order chi connectivity index (χ0) is 11.4. The van der Waals surface area contributed by atoms with Crippen LogP contribution < -0.4 is 0 Å². The first-order valence-corrected chi connectivity index (χ1v) is 6.94. The second-order valence-electron chi connectivity index (χ2n) is 4.66. The smallest absolute Gasteiger partial charge is 0.0469 e. The summed E-state index contributed by atoms with van der Waals surface area (Å²) in [4.78, 5) is 0.596. The van der Waals surface area contributed by atoms with E-state index < -0.39 is 0 Å². The van der Waals surface area contributed by atoms with Crippen molar-refractivity contribution in [3.63, 3.8) is 0 Å². The van der Waals surface area contributed by atoms with Gasteiger partial charge in [0.05, 0.1) is 0 Å². The first kappa shape index (κ1) is 12.1. The molecule has 1 fully saturated rings. The van der Waals surface area contributed by atoms with Crippen LogP contribution in [-0.4, -0.2) is 18.0 Å². The van der Waals surface area contributed by atoms with E-state index in [9.17, 15) is 0 Å². The lowest BCUT2D eigenvalue weighted by atomic mass is 9.92. The normalized spacial score (nSPS) is 19.6. The highest BCUT2D eigenvalue weighted by molar-refractivity contribution is 9.09. The molecule has 1 unspecified atom stereocenters. The van der Waals surface area contributed by atoms with Crippen molar-refractivity contribution in [2.24, 2.45) is 5.92 Å². The average Bonchev–Trinajstić information content (AvgIpc) is 2.33. The lowest BCUT2D eigenvalue weighted by Crippen LogP contribution is -2.24. The fourth-order valence-electron chi connectivity index (χ4n) is 2.19. The number of halogens is 1. The monoisotopic (exact) mass is 282 g/mol. The van der Waals surface area contributed by atoms with E-state index in [-0.39, 0.29) is 0 Å². The van der Waals surface area contributed by atoms with E-state index in [2.05, 4.69) is 47.1 Å². The molecule has 0 saturated carbocycles. The van der Waals surface area contributed by atoms with Gasteiger partial charge < -0.3 is 4.74 Å². The molecule has 1 aliphatic rings. The van der Waals surface area contributed by atoms with Gasteiger partial charge >= 0.3 is 0 Å². The van der Waals surface area contributed by atoms with Crippen molar-refractivity contribution in [1.29, 1.82) is 0 Å². The molecule has 0 bridgehead atoms. The van der Waals surface area contributed by atoms with Crippen molar-refractivity contribution in [1.82, 2.24) is 0 Å². The Kier molecular flexibility index (Phi) is 4.42. The third kappa shape index (κ3) is 3.33. The van der Waals surface area contributed by atoms with Crippen LogP contribution in [0.25, 0.3) is 0 Å². The second kappa shape index (κ2) is 5.83. The summed E-state index contributed by atoms with van der Waals surface area (Å²) in [6.07, 6.45) is 3.52. The summed E-state index contributed by atoms with van der Waals surface area (Å²) in [5.41, 5.74) is 2.76. The summed E-state index contributed by atoms with van der Waals surface area (Å²) in [5, 5.41) is 0. The van der Waals surface area contributed by atoms with E-state index in [0.717, 1.165) is 25.6 Å². The largest absolute Gasteiger partial charge is 0.381 e. The van der Waals surface area contributed by atoms with Crippen LogP contribution in [0.5, 0.6) is 0 Å². The Hall–Kier alpha value is -0.340. The van der Waals surface area contributed by atoms with Gasteiger partial charge in [-0.25, -0.2) is 0 Å². The van der Waals surface area contributed by atoms with Gasteiger partial charge in [0.2, 0.25) is 0 Å². The first-order chi connectivity index (χ1) is 7.75. The third-order valence-electron chi connectivity index (χ3n) is 3.33. The van der Waals surface area contributed by atoms with Gasteiger partial charge in [0.15, 0.2) is 0 Å². The fraction of sp³-hybridized carbons (Fsp3) is 0.571. The highest BCUT2D eigenvalue weighted by Crippen LogP contribution is 2.26. The van der Waals surface area contributed by atoms with Gasteiger partial charge in [-0.05, 0) is 37.7 Å². The van der Waals surface area contributed by atoms with Crippen molar-refractivity contribution < 1.29 is 4.74 Å². The quantitative estimate of drug-likeness (QED) is 0.768. The van der Waals surface area contributed by atoms with Crippen LogP contribution in [0.2, 0.25) is 0 Å². The minimum atomic E-state index is 0.596. The summed E-state index contributed by atoms with van der Waals surface area (Å²) in [5.74, 6) is 0.773. The van der Waals surface area contributed by atoms with Gasteiger partial charge in [0, 0.05) is 18.0 Å². The second-order valence-corrected chi connectivity index (χ2v) is 5.83. The topological polar surface area (TPSA) is 9.23 Å². The molecule has 2 rings (SSSR count). The molecular weight excluding hydrogens is 264 g/mol. The van der Waals surface area contributed by atoms with Crippen molar-refractivity contribution in [2.45, 2.75) is 31.0 Å². The molecule has 1 aromatic rings. The molecule has 0 radical (unpaired) electrons. The molecule has 1 saturated heterocycles. The molecule has 16 heavy (non-hydrogen) atoms. The summed E-state index contributed by atoms with van der Waals surface area (Å²) in [6.45, 7) is 4.00. The number of aryl methyl sites for hydroxylation is 1. The molecule has 1 nitrogen and oxygen atoms in total. The highest BCUT2D eigenvalue weighted by atomic mass is 79.9. The Morgan fingerprint density at radius 2 is 1.88 bits per heavy atom. The maximum absolute atomic E-state index is 5.39. The highest BCUT2D eigenvalue weighted by Gasteiger charge is 2.21. The maximum atomic E-state index is 5.39. The number of rotatable bonds is 3. The van der Waals surface area contributed by atoms with Gasteiger partial charge in [-0.1, -0.05) is 45.8 Å². The lowest BCUT2D eigenvalue weighted by molar-refractivity contribution is 0.0662. The number of hydrogen-bond acceptors (Lipinski definition) is 1. The van der Waals surface area contributed by atoms with Gasteiger partial charge in [0.25, 0.3) is 0 Å². The van der Waals surface area contributed by atoms with E-state index in [0.29, 0.717) is 4.83 Å². The number of benzene rings is 1. The van der Waals surface area contributed by atoms with Crippen molar-refractivity contribution in [3.8, 4) is 0 Å². The molecule has 1 aliphatic heterocycles. The van der Waals surface area contributed by atoms with Crippen LogP contribution >= 0.6 is 15.9 Å². The summed E-state index contributed by atoms with van der Waals surface area (Å²) >= 11 is 3.84. The van der Waals surface area contributed by atoms with Gasteiger partial charge in [0.1, 0.15) is 0 Å². The summed E-state index contributed by atoms with van der Waals surface area (Å²) < 4.78 is 5.39.